The number of fused-ring (bicyclic) bond motifs is 2. The third-order valence-corrected chi connectivity index (χ3v) is 5.73. The molecule has 1 fully saturated rings. The van der Waals surface area contributed by atoms with E-state index in [0.717, 1.165) is 0 Å². The molecule has 0 radical (unpaired) electrons. The van der Waals surface area contributed by atoms with Crippen LogP contribution in [0, 0.1) is 23.7 Å². The van der Waals surface area contributed by atoms with E-state index < -0.39 is 35.7 Å². The number of amides is 2. The highest BCUT2D eigenvalue weighted by atomic mass is 35.5. The first-order valence-corrected chi connectivity index (χ1v) is 9.70. The Kier molecular flexibility index (Phi) is 6.15. The molecule has 0 spiro atoms. The van der Waals surface area contributed by atoms with E-state index in [1.807, 2.05) is 12.2 Å². The van der Waals surface area contributed by atoms with Crippen LogP contribution in [-0.2, 0) is 14.4 Å². The van der Waals surface area contributed by atoms with Gasteiger partial charge in [0.25, 0.3) is 5.91 Å². The van der Waals surface area contributed by atoms with Crippen LogP contribution in [0.4, 0.5) is 0 Å². The van der Waals surface area contributed by atoms with Gasteiger partial charge >= 0.3 is 5.97 Å². The Hall–Kier alpha value is -2.25. The van der Waals surface area contributed by atoms with Crippen molar-refractivity contribution in [1.82, 2.24) is 10.9 Å². The van der Waals surface area contributed by atoms with Crippen LogP contribution in [0.1, 0.15) is 19.8 Å². The number of carboxylic acid groups (broad SMARTS) is 1. The number of carbonyl (C=O) groups excluding carboxylic acids is 2. The van der Waals surface area contributed by atoms with Crippen molar-refractivity contribution in [3.8, 4) is 5.75 Å². The van der Waals surface area contributed by atoms with E-state index in [2.05, 4.69) is 10.9 Å². The van der Waals surface area contributed by atoms with E-state index in [4.69, 9.17) is 27.9 Å². The zero-order valence-electron chi connectivity index (χ0n) is 15.0. The van der Waals surface area contributed by atoms with Crippen LogP contribution in [0.15, 0.2) is 30.4 Å². The minimum Gasteiger partial charge on any atom is -0.481 e. The second-order valence-electron chi connectivity index (χ2n) is 6.91. The molecule has 150 valence electrons. The summed E-state index contributed by atoms with van der Waals surface area (Å²) in [7, 11) is 0. The summed E-state index contributed by atoms with van der Waals surface area (Å²) >= 11 is 12.0. The summed E-state index contributed by atoms with van der Waals surface area (Å²) in [6, 6.07) is 4.65. The number of carboxylic acids is 1. The number of ether oxygens (including phenoxy) is 1. The molecule has 1 saturated carbocycles. The van der Waals surface area contributed by atoms with Gasteiger partial charge < -0.3 is 9.84 Å². The molecule has 0 saturated heterocycles. The van der Waals surface area contributed by atoms with Crippen molar-refractivity contribution in [1.29, 1.82) is 0 Å². The second-order valence-corrected chi connectivity index (χ2v) is 7.75. The number of benzene rings is 1. The molecule has 0 unspecified atom stereocenters. The molecule has 28 heavy (non-hydrogen) atoms. The summed E-state index contributed by atoms with van der Waals surface area (Å²) < 4.78 is 5.62. The topological polar surface area (TPSA) is 105 Å². The van der Waals surface area contributed by atoms with Gasteiger partial charge in [-0.1, -0.05) is 42.3 Å². The molecule has 0 aliphatic heterocycles. The zero-order chi connectivity index (χ0) is 20.4. The number of hydrogen-bond donors (Lipinski definition) is 3. The third kappa shape index (κ3) is 4.10. The maximum atomic E-state index is 12.5. The molecule has 7 nitrogen and oxygen atoms in total. The molecule has 3 N–H and O–H groups in total. The number of hydrazine groups is 1. The molecular formula is C19H20Cl2N2O5. The second kappa shape index (κ2) is 8.41. The number of halogens is 2. The van der Waals surface area contributed by atoms with Crippen LogP contribution in [0.5, 0.6) is 5.75 Å². The molecule has 9 heteroatoms. The molecule has 1 aromatic carbocycles. The van der Waals surface area contributed by atoms with Crippen molar-refractivity contribution < 1.29 is 24.2 Å². The fourth-order valence-electron chi connectivity index (χ4n) is 3.85. The number of aliphatic carboxylic acids is 1. The lowest BCUT2D eigenvalue weighted by atomic mass is 9.82. The predicted octanol–water partition coefficient (Wildman–Crippen LogP) is 2.82. The van der Waals surface area contributed by atoms with E-state index >= 15 is 0 Å². The van der Waals surface area contributed by atoms with Crippen LogP contribution < -0.4 is 15.6 Å². The molecule has 2 bridgehead atoms. The predicted molar refractivity (Wildman–Crippen MR) is 103 cm³/mol. The van der Waals surface area contributed by atoms with Gasteiger partial charge in [-0.2, -0.15) is 0 Å². The van der Waals surface area contributed by atoms with Gasteiger partial charge in [0.1, 0.15) is 5.75 Å². The van der Waals surface area contributed by atoms with Crippen LogP contribution in [0.3, 0.4) is 0 Å². The fourth-order valence-corrected chi connectivity index (χ4v) is 4.17. The summed E-state index contributed by atoms with van der Waals surface area (Å²) in [5.74, 6) is -3.62. The number of carbonyl (C=O) groups is 3. The Bertz CT molecular complexity index is 829. The van der Waals surface area contributed by atoms with E-state index in [1.54, 1.807) is 19.1 Å². The highest BCUT2D eigenvalue weighted by Crippen LogP contribution is 2.48. The summed E-state index contributed by atoms with van der Waals surface area (Å²) in [6.07, 6.45) is 3.76. The van der Waals surface area contributed by atoms with E-state index in [-0.39, 0.29) is 17.6 Å². The lowest BCUT2D eigenvalue weighted by molar-refractivity contribution is -0.148. The molecule has 2 aliphatic rings. The van der Waals surface area contributed by atoms with E-state index in [0.29, 0.717) is 22.9 Å². The number of allylic oxidation sites excluding steroid dienone is 2. The zero-order valence-corrected chi connectivity index (χ0v) is 16.5. The first-order valence-electron chi connectivity index (χ1n) is 8.94. The van der Waals surface area contributed by atoms with Crippen molar-refractivity contribution in [3.05, 3.63) is 40.4 Å². The maximum absolute atomic E-state index is 12.5. The number of hydrogen-bond acceptors (Lipinski definition) is 4. The summed E-state index contributed by atoms with van der Waals surface area (Å²) in [5.41, 5.74) is 4.67. The molecule has 3 rings (SSSR count). The van der Waals surface area contributed by atoms with Gasteiger partial charge in [0.2, 0.25) is 5.91 Å². The number of nitrogens with one attached hydrogen (secondary N) is 2. The lowest BCUT2D eigenvalue weighted by Gasteiger charge is -2.24. The molecule has 2 aliphatic carbocycles. The fraction of sp³-hybridized carbons (Fsp3) is 0.421. The van der Waals surface area contributed by atoms with Crippen molar-refractivity contribution in [2.45, 2.75) is 25.9 Å². The molecule has 0 heterocycles. The van der Waals surface area contributed by atoms with E-state index in [9.17, 15) is 19.5 Å². The van der Waals surface area contributed by atoms with Crippen molar-refractivity contribution in [3.63, 3.8) is 0 Å². The van der Waals surface area contributed by atoms with Crippen LogP contribution in [0.25, 0.3) is 0 Å². The van der Waals surface area contributed by atoms with Gasteiger partial charge in [0.05, 0.1) is 16.9 Å². The van der Waals surface area contributed by atoms with Crippen molar-refractivity contribution in [2.75, 3.05) is 0 Å². The Balaban J connectivity index is 1.60. The molecule has 1 aromatic rings. The van der Waals surface area contributed by atoms with Crippen molar-refractivity contribution in [2.24, 2.45) is 23.7 Å². The van der Waals surface area contributed by atoms with Gasteiger partial charge in [-0.25, -0.2) is 0 Å². The normalized spacial score (nSPS) is 26.0. The van der Waals surface area contributed by atoms with Gasteiger partial charge in [-0.05, 0) is 36.8 Å². The summed E-state index contributed by atoms with van der Waals surface area (Å²) in [5, 5.41) is 10.1. The average Bonchev–Trinajstić information content (AvgIpc) is 3.27. The SMILES string of the molecule is CC[C@@H](Oc1cc(Cl)ccc1Cl)C(=O)NNC(=O)[C@H]1[C@@H](C(=O)O)[C@H]2C=C[C@@H]1C2. The number of rotatable bonds is 6. The van der Waals surface area contributed by atoms with Crippen LogP contribution in [-0.4, -0.2) is 29.0 Å². The molecule has 2 amide bonds. The molecule has 0 aromatic heterocycles. The van der Waals surface area contributed by atoms with Crippen LogP contribution >= 0.6 is 23.2 Å². The van der Waals surface area contributed by atoms with E-state index in [1.165, 1.54) is 6.07 Å². The Morgan fingerprint density at radius 1 is 1.18 bits per heavy atom. The quantitative estimate of drug-likeness (QED) is 0.479. The van der Waals surface area contributed by atoms with Gasteiger partial charge in [0, 0.05) is 11.1 Å². The maximum Gasteiger partial charge on any atom is 0.307 e. The average molecular weight is 427 g/mol. The van der Waals surface area contributed by atoms with Crippen molar-refractivity contribution >= 4 is 41.0 Å². The minimum atomic E-state index is -1.01. The largest absolute Gasteiger partial charge is 0.481 e. The highest BCUT2D eigenvalue weighted by molar-refractivity contribution is 6.34. The minimum absolute atomic E-state index is 0.133. The Morgan fingerprint density at radius 2 is 1.86 bits per heavy atom. The Labute approximate surface area is 172 Å². The first kappa shape index (κ1) is 20.5. The van der Waals surface area contributed by atoms with Gasteiger partial charge in [0.15, 0.2) is 6.10 Å². The third-order valence-electron chi connectivity index (χ3n) is 5.18. The highest BCUT2D eigenvalue weighted by Gasteiger charge is 2.51. The van der Waals surface area contributed by atoms with Gasteiger partial charge in [-0.15, -0.1) is 0 Å². The monoisotopic (exact) mass is 426 g/mol. The first-order chi connectivity index (χ1) is 13.3. The summed E-state index contributed by atoms with van der Waals surface area (Å²) in [6.45, 7) is 1.74. The standard InChI is InChI=1S/C19H20Cl2N2O5/c1-2-13(28-14-8-11(20)5-6-12(14)21)17(24)22-23-18(25)15-9-3-4-10(7-9)16(15)19(26)27/h3-6,8-10,13,15-16H,2,7H2,1H3,(H,22,24)(H,23,25)(H,26,27)/t9-,10+,13-,15-,16+/m1/s1. The Morgan fingerprint density at radius 3 is 2.50 bits per heavy atom. The van der Waals surface area contributed by atoms with Crippen LogP contribution in [0.2, 0.25) is 10.0 Å². The lowest BCUT2D eigenvalue weighted by Crippen LogP contribution is -2.51. The molecule has 5 atom stereocenters. The molecular weight excluding hydrogens is 407 g/mol. The van der Waals surface area contributed by atoms with Gasteiger partial charge in [-0.3, -0.25) is 25.2 Å². The smallest absolute Gasteiger partial charge is 0.307 e. The summed E-state index contributed by atoms with van der Waals surface area (Å²) in [4.78, 5) is 36.4.